The maximum atomic E-state index is 13.2. The van der Waals surface area contributed by atoms with Crippen LogP contribution in [0.25, 0.3) is 11.0 Å². The van der Waals surface area contributed by atoms with E-state index in [0.717, 1.165) is 23.2 Å². The average Bonchev–Trinajstić information content (AvgIpc) is 3.44. The Balaban J connectivity index is 1.26. The van der Waals surface area contributed by atoms with E-state index in [4.69, 9.17) is 4.42 Å². The number of para-hydroxylation sites is 2. The van der Waals surface area contributed by atoms with Crippen LogP contribution in [0, 0.1) is 16.7 Å². The third kappa shape index (κ3) is 3.42. The molecular formula is C24H28N4O3. The molecule has 3 aromatic rings. The van der Waals surface area contributed by atoms with Gasteiger partial charge in [-0.1, -0.05) is 26.0 Å². The minimum Gasteiger partial charge on any atom is -0.469 e. The molecule has 2 N–H and O–H groups in total. The van der Waals surface area contributed by atoms with Crippen LogP contribution in [0.3, 0.4) is 0 Å². The van der Waals surface area contributed by atoms with Crippen molar-refractivity contribution >= 4 is 22.8 Å². The number of furan rings is 1. The number of nitrogens with one attached hydrogen (secondary N) is 2. The lowest BCUT2D eigenvalue weighted by Gasteiger charge is -2.55. The number of H-pyrrole nitrogens is 1. The van der Waals surface area contributed by atoms with Crippen LogP contribution >= 0.6 is 0 Å². The SMILES string of the molecule is CC1(C)C[C@]2(C(=O)NCCc3ccco3)CN(C(=O)Cc3nc4ccccc4[nH]3)C[C@H]12. The number of carbonyl (C=O) groups excluding carboxylic acids is 2. The maximum Gasteiger partial charge on any atom is 0.230 e. The number of aromatic amines is 1. The predicted octanol–water partition coefficient (Wildman–Crippen LogP) is 2.93. The molecular weight excluding hydrogens is 392 g/mol. The summed E-state index contributed by atoms with van der Waals surface area (Å²) in [7, 11) is 0. The zero-order valence-electron chi connectivity index (χ0n) is 18.0. The molecule has 162 valence electrons. The standard InChI is InChI=1S/C24H28N4O3/c1-23(2)14-24(22(30)25-10-9-16-6-5-11-31-16)15-28(13-19(23)24)21(29)12-20-26-17-7-3-4-8-18(17)27-20/h3-8,11,19H,9-10,12-15H2,1-2H3,(H,25,30)(H,26,27)/t19-,24+/m1/s1. The molecule has 0 radical (unpaired) electrons. The number of hydrogen-bond donors (Lipinski definition) is 2. The van der Waals surface area contributed by atoms with Crippen molar-refractivity contribution in [1.29, 1.82) is 0 Å². The topological polar surface area (TPSA) is 91.2 Å². The van der Waals surface area contributed by atoms with Crippen LogP contribution in [0.5, 0.6) is 0 Å². The van der Waals surface area contributed by atoms with E-state index in [1.165, 1.54) is 0 Å². The smallest absolute Gasteiger partial charge is 0.230 e. The van der Waals surface area contributed by atoms with Crippen LogP contribution in [0.2, 0.25) is 0 Å². The van der Waals surface area contributed by atoms with Crippen molar-refractivity contribution < 1.29 is 14.0 Å². The van der Waals surface area contributed by atoms with E-state index < -0.39 is 5.41 Å². The molecule has 1 aromatic carbocycles. The van der Waals surface area contributed by atoms with E-state index in [-0.39, 0.29) is 29.6 Å². The first kappa shape index (κ1) is 19.8. The van der Waals surface area contributed by atoms with Gasteiger partial charge in [0.2, 0.25) is 11.8 Å². The first-order valence-electron chi connectivity index (χ1n) is 10.9. The van der Waals surface area contributed by atoms with E-state index in [2.05, 4.69) is 29.1 Å². The highest BCUT2D eigenvalue weighted by Crippen LogP contribution is 2.62. The summed E-state index contributed by atoms with van der Waals surface area (Å²) in [5.41, 5.74) is 1.35. The lowest BCUT2D eigenvalue weighted by atomic mass is 9.47. The van der Waals surface area contributed by atoms with E-state index in [9.17, 15) is 9.59 Å². The van der Waals surface area contributed by atoms with Gasteiger partial charge in [-0.2, -0.15) is 0 Å². The Morgan fingerprint density at radius 3 is 2.84 bits per heavy atom. The molecule has 2 aliphatic rings. The first-order valence-corrected chi connectivity index (χ1v) is 10.9. The fourth-order valence-electron chi connectivity index (χ4n) is 5.66. The number of likely N-dealkylation sites (tertiary alicyclic amines) is 1. The third-order valence-corrected chi connectivity index (χ3v) is 7.06. The molecule has 0 unspecified atom stereocenters. The van der Waals surface area contributed by atoms with Gasteiger partial charge in [0.25, 0.3) is 0 Å². The Bertz CT molecular complexity index is 1080. The average molecular weight is 421 g/mol. The molecule has 2 fully saturated rings. The summed E-state index contributed by atoms with van der Waals surface area (Å²) < 4.78 is 5.35. The molecule has 3 heterocycles. The molecule has 1 aliphatic heterocycles. The molecule has 1 aliphatic carbocycles. The largest absolute Gasteiger partial charge is 0.469 e. The van der Waals surface area contributed by atoms with Gasteiger partial charge in [-0.3, -0.25) is 9.59 Å². The highest BCUT2D eigenvalue weighted by Gasteiger charge is 2.67. The second kappa shape index (κ2) is 7.25. The van der Waals surface area contributed by atoms with Crippen molar-refractivity contribution in [3.05, 3.63) is 54.2 Å². The number of imidazole rings is 1. The summed E-state index contributed by atoms with van der Waals surface area (Å²) in [5, 5.41) is 3.09. The number of rotatable bonds is 6. The molecule has 2 amide bonds. The summed E-state index contributed by atoms with van der Waals surface area (Å²) in [5.74, 6) is 1.77. The van der Waals surface area contributed by atoms with Crippen LogP contribution in [0.4, 0.5) is 0 Å². The van der Waals surface area contributed by atoms with Crippen molar-refractivity contribution in [2.24, 2.45) is 16.7 Å². The van der Waals surface area contributed by atoms with Crippen molar-refractivity contribution in [3.63, 3.8) is 0 Å². The van der Waals surface area contributed by atoms with Gasteiger partial charge in [0.05, 0.1) is 29.1 Å². The monoisotopic (exact) mass is 420 g/mol. The van der Waals surface area contributed by atoms with Gasteiger partial charge in [-0.15, -0.1) is 0 Å². The quantitative estimate of drug-likeness (QED) is 0.641. The Morgan fingerprint density at radius 2 is 2.10 bits per heavy atom. The number of hydrogen-bond acceptors (Lipinski definition) is 4. The second-order valence-electron chi connectivity index (χ2n) is 9.61. The predicted molar refractivity (Wildman–Crippen MR) is 116 cm³/mol. The van der Waals surface area contributed by atoms with Gasteiger partial charge in [-0.05, 0) is 42.0 Å². The van der Waals surface area contributed by atoms with Crippen molar-refractivity contribution in [2.45, 2.75) is 33.1 Å². The van der Waals surface area contributed by atoms with Gasteiger partial charge < -0.3 is 19.6 Å². The third-order valence-electron chi connectivity index (χ3n) is 7.06. The molecule has 0 spiro atoms. The highest BCUT2D eigenvalue weighted by molar-refractivity contribution is 5.88. The number of fused-ring (bicyclic) bond motifs is 2. The number of amides is 2. The molecule has 0 bridgehead atoms. The first-order chi connectivity index (χ1) is 14.9. The number of aromatic nitrogens is 2. The summed E-state index contributed by atoms with van der Waals surface area (Å²) in [6, 6.07) is 11.5. The van der Waals surface area contributed by atoms with Gasteiger partial charge in [0.15, 0.2) is 0 Å². The molecule has 2 aromatic heterocycles. The Kier molecular flexibility index (Phi) is 4.64. The Morgan fingerprint density at radius 1 is 1.26 bits per heavy atom. The second-order valence-corrected chi connectivity index (χ2v) is 9.61. The molecule has 1 saturated heterocycles. The summed E-state index contributed by atoms with van der Waals surface area (Å²) in [4.78, 5) is 35.9. The number of carbonyl (C=O) groups is 2. The molecule has 1 saturated carbocycles. The van der Waals surface area contributed by atoms with E-state index in [1.54, 1.807) is 6.26 Å². The lowest BCUT2D eigenvalue weighted by molar-refractivity contribution is -0.152. The molecule has 2 atom stereocenters. The van der Waals surface area contributed by atoms with Crippen molar-refractivity contribution in [3.8, 4) is 0 Å². The van der Waals surface area contributed by atoms with Crippen molar-refractivity contribution in [1.82, 2.24) is 20.2 Å². The van der Waals surface area contributed by atoms with Crippen LogP contribution in [0.15, 0.2) is 47.1 Å². The van der Waals surface area contributed by atoms with E-state index in [0.29, 0.717) is 31.9 Å². The molecule has 5 rings (SSSR count). The zero-order valence-corrected chi connectivity index (χ0v) is 18.0. The summed E-state index contributed by atoms with van der Waals surface area (Å²) in [6.07, 6.45) is 3.32. The fraction of sp³-hybridized carbons (Fsp3) is 0.458. The maximum absolute atomic E-state index is 13.2. The van der Waals surface area contributed by atoms with Crippen LogP contribution in [0.1, 0.15) is 31.9 Å². The van der Waals surface area contributed by atoms with Gasteiger partial charge in [-0.25, -0.2) is 4.98 Å². The van der Waals surface area contributed by atoms with Gasteiger partial charge in [0, 0.05) is 26.1 Å². The minimum atomic E-state index is -0.490. The molecule has 7 nitrogen and oxygen atoms in total. The number of benzene rings is 1. The van der Waals surface area contributed by atoms with Crippen LogP contribution in [-0.4, -0.2) is 46.3 Å². The summed E-state index contributed by atoms with van der Waals surface area (Å²) >= 11 is 0. The highest BCUT2D eigenvalue weighted by atomic mass is 16.3. The van der Waals surface area contributed by atoms with Crippen molar-refractivity contribution in [2.75, 3.05) is 19.6 Å². The van der Waals surface area contributed by atoms with Gasteiger partial charge in [0.1, 0.15) is 11.6 Å². The fourth-order valence-corrected chi connectivity index (χ4v) is 5.66. The Hall–Kier alpha value is -3.09. The van der Waals surface area contributed by atoms with Crippen LogP contribution in [-0.2, 0) is 22.4 Å². The lowest BCUT2D eigenvalue weighted by Crippen LogP contribution is -2.60. The Labute approximate surface area is 181 Å². The summed E-state index contributed by atoms with van der Waals surface area (Å²) in [6.45, 7) is 6.02. The van der Waals surface area contributed by atoms with E-state index in [1.807, 2.05) is 41.3 Å². The zero-order chi connectivity index (χ0) is 21.6. The minimum absolute atomic E-state index is 0.0204. The molecule has 31 heavy (non-hydrogen) atoms. The van der Waals surface area contributed by atoms with E-state index >= 15 is 0 Å². The van der Waals surface area contributed by atoms with Crippen LogP contribution < -0.4 is 5.32 Å². The normalized spacial score (nSPS) is 24.1. The molecule has 7 heteroatoms. The van der Waals surface area contributed by atoms with Gasteiger partial charge >= 0.3 is 0 Å². The number of nitrogens with zero attached hydrogens (tertiary/aromatic N) is 2.